The molecule has 1 fully saturated rings. The maximum absolute atomic E-state index is 12.3. The van der Waals surface area contributed by atoms with E-state index in [1.54, 1.807) is 11.3 Å². The molecule has 1 saturated carbocycles. The van der Waals surface area contributed by atoms with Crippen LogP contribution < -0.4 is 5.32 Å². The molecule has 1 amide bonds. The van der Waals surface area contributed by atoms with Crippen molar-refractivity contribution in [3.05, 3.63) is 57.8 Å². The first kappa shape index (κ1) is 18.2. The summed E-state index contributed by atoms with van der Waals surface area (Å²) in [5.74, 6) is 0.700. The zero-order valence-electron chi connectivity index (χ0n) is 15.2. The summed E-state index contributed by atoms with van der Waals surface area (Å²) in [6, 6.07) is 11.5. The van der Waals surface area contributed by atoms with Crippen LogP contribution in [0.15, 0.2) is 41.1 Å². The Morgan fingerprint density at radius 2 is 1.96 bits per heavy atom. The van der Waals surface area contributed by atoms with Gasteiger partial charge in [-0.1, -0.05) is 38.1 Å². The Labute approximate surface area is 155 Å². The van der Waals surface area contributed by atoms with Crippen LogP contribution >= 0.6 is 11.3 Å². The molecule has 1 aromatic heterocycles. The zero-order chi connectivity index (χ0) is 17.6. The molecule has 0 aliphatic heterocycles. The van der Waals surface area contributed by atoms with E-state index in [-0.39, 0.29) is 5.91 Å². The normalized spacial score (nSPS) is 14.2. The van der Waals surface area contributed by atoms with E-state index < -0.39 is 0 Å². The molecule has 4 heteroatoms. The molecule has 25 heavy (non-hydrogen) atoms. The lowest BCUT2D eigenvalue weighted by atomic mass is 10.0. The van der Waals surface area contributed by atoms with Gasteiger partial charge < -0.3 is 5.32 Å². The minimum Gasteiger partial charge on any atom is -0.355 e. The van der Waals surface area contributed by atoms with Gasteiger partial charge in [0.05, 0.1) is 6.54 Å². The summed E-state index contributed by atoms with van der Waals surface area (Å²) in [5, 5.41) is 7.36. The third-order valence-corrected chi connectivity index (χ3v) is 5.49. The van der Waals surface area contributed by atoms with Gasteiger partial charge in [0.1, 0.15) is 0 Å². The van der Waals surface area contributed by atoms with Crippen LogP contribution in [-0.2, 0) is 17.8 Å². The third kappa shape index (κ3) is 5.68. The summed E-state index contributed by atoms with van der Waals surface area (Å²) >= 11 is 1.72. The number of rotatable bonds is 9. The summed E-state index contributed by atoms with van der Waals surface area (Å²) in [6.07, 6.45) is 3.33. The van der Waals surface area contributed by atoms with Gasteiger partial charge in [-0.25, -0.2) is 0 Å². The number of carbonyl (C=O) groups is 1. The minimum atomic E-state index is 0.140. The number of nitrogens with one attached hydrogen (secondary N) is 1. The number of thiophene rings is 1. The van der Waals surface area contributed by atoms with Gasteiger partial charge in [0.15, 0.2) is 0 Å². The molecule has 0 saturated heterocycles. The Morgan fingerprint density at radius 1 is 1.20 bits per heavy atom. The highest BCUT2D eigenvalue weighted by Crippen LogP contribution is 2.28. The highest BCUT2D eigenvalue weighted by Gasteiger charge is 2.30. The van der Waals surface area contributed by atoms with Crippen LogP contribution in [0.25, 0.3) is 0 Å². The first-order valence-corrected chi connectivity index (χ1v) is 10.2. The maximum Gasteiger partial charge on any atom is 0.234 e. The van der Waals surface area contributed by atoms with E-state index in [9.17, 15) is 4.79 Å². The highest BCUT2D eigenvalue weighted by molar-refractivity contribution is 7.07. The third-order valence-electron chi connectivity index (χ3n) is 4.76. The fourth-order valence-corrected chi connectivity index (χ4v) is 3.69. The molecule has 1 aliphatic carbocycles. The van der Waals surface area contributed by atoms with Crippen molar-refractivity contribution < 1.29 is 4.79 Å². The quantitative estimate of drug-likeness (QED) is 0.730. The second-order valence-corrected chi connectivity index (χ2v) is 8.04. The predicted molar refractivity (Wildman–Crippen MR) is 105 cm³/mol. The summed E-state index contributed by atoms with van der Waals surface area (Å²) in [6.45, 7) is 6.51. The Bertz CT molecular complexity index is 660. The first-order chi connectivity index (χ1) is 12.1. The molecule has 0 spiro atoms. The molecule has 1 aromatic carbocycles. The molecule has 1 aliphatic rings. The van der Waals surface area contributed by atoms with Gasteiger partial charge in [-0.3, -0.25) is 9.69 Å². The first-order valence-electron chi connectivity index (χ1n) is 9.22. The lowest BCUT2D eigenvalue weighted by Crippen LogP contribution is -2.38. The molecule has 0 atom stereocenters. The van der Waals surface area contributed by atoms with Crippen LogP contribution in [0.3, 0.4) is 0 Å². The van der Waals surface area contributed by atoms with Crippen LogP contribution in [0, 0.1) is 0 Å². The zero-order valence-corrected chi connectivity index (χ0v) is 16.0. The fourth-order valence-electron chi connectivity index (χ4n) is 3.03. The van der Waals surface area contributed by atoms with Crippen molar-refractivity contribution >= 4 is 17.2 Å². The number of benzene rings is 1. The van der Waals surface area contributed by atoms with Gasteiger partial charge in [0.25, 0.3) is 0 Å². The number of hydrogen-bond acceptors (Lipinski definition) is 3. The number of carbonyl (C=O) groups excluding carboxylic acids is 1. The molecule has 1 N–H and O–H groups in total. The molecule has 0 radical (unpaired) electrons. The van der Waals surface area contributed by atoms with Crippen molar-refractivity contribution in [1.29, 1.82) is 0 Å². The Morgan fingerprint density at radius 3 is 2.56 bits per heavy atom. The summed E-state index contributed by atoms with van der Waals surface area (Å²) in [5.41, 5.74) is 3.96. The van der Waals surface area contributed by atoms with Crippen molar-refractivity contribution in [1.82, 2.24) is 10.2 Å². The molecular weight excluding hydrogens is 328 g/mol. The average molecular weight is 357 g/mol. The summed E-state index contributed by atoms with van der Waals surface area (Å²) in [7, 11) is 0. The average Bonchev–Trinajstić information content (AvgIpc) is 3.32. The minimum absolute atomic E-state index is 0.140. The van der Waals surface area contributed by atoms with Crippen molar-refractivity contribution in [3.8, 4) is 0 Å². The van der Waals surface area contributed by atoms with Crippen LogP contribution in [-0.4, -0.2) is 29.9 Å². The molecule has 0 bridgehead atoms. The molecule has 3 nitrogen and oxygen atoms in total. The molecule has 3 rings (SSSR count). The van der Waals surface area contributed by atoms with Gasteiger partial charge in [0, 0.05) is 19.1 Å². The van der Waals surface area contributed by atoms with Crippen molar-refractivity contribution in [2.75, 3.05) is 13.1 Å². The maximum atomic E-state index is 12.3. The topological polar surface area (TPSA) is 32.3 Å². The van der Waals surface area contributed by atoms with Gasteiger partial charge >= 0.3 is 0 Å². The SMILES string of the molecule is CC(C)c1ccc(CCNC(=O)CN(Cc2ccsc2)C2CC2)cc1. The van der Waals surface area contributed by atoms with E-state index in [1.165, 1.54) is 29.5 Å². The van der Waals surface area contributed by atoms with Crippen molar-refractivity contribution in [2.45, 2.75) is 51.6 Å². The van der Waals surface area contributed by atoms with Crippen LogP contribution in [0.1, 0.15) is 49.3 Å². The monoisotopic (exact) mass is 356 g/mol. The molecule has 2 aromatic rings. The summed E-state index contributed by atoms with van der Waals surface area (Å²) < 4.78 is 0. The Hall–Kier alpha value is -1.65. The van der Waals surface area contributed by atoms with Gasteiger partial charge in [-0.15, -0.1) is 0 Å². The van der Waals surface area contributed by atoms with E-state index in [0.29, 0.717) is 25.0 Å². The molecule has 0 unspecified atom stereocenters. The predicted octanol–water partition coefficient (Wildman–Crippen LogP) is 4.19. The second-order valence-electron chi connectivity index (χ2n) is 7.26. The van der Waals surface area contributed by atoms with Crippen LogP contribution in [0.2, 0.25) is 0 Å². The Kier molecular flexibility index (Phi) is 6.27. The lowest BCUT2D eigenvalue weighted by molar-refractivity contribution is -0.122. The fraction of sp³-hybridized carbons (Fsp3) is 0.476. The second kappa shape index (κ2) is 8.63. The highest BCUT2D eigenvalue weighted by atomic mass is 32.1. The Balaban J connectivity index is 1.42. The van der Waals surface area contributed by atoms with E-state index in [1.807, 2.05) is 0 Å². The number of nitrogens with zero attached hydrogens (tertiary/aromatic N) is 1. The van der Waals surface area contributed by atoms with E-state index in [0.717, 1.165) is 13.0 Å². The van der Waals surface area contributed by atoms with Crippen molar-refractivity contribution in [2.24, 2.45) is 0 Å². The molecule has 1 heterocycles. The standard InChI is InChI=1S/C21H28N2OS/c1-16(2)19-5-3-17(4-6-19)9-11-22-21(24)14-23(20-7-8-20)13-18-10-12-25-15-18/h3-6,10,12,15-16,20H,7-9,11,13-14H2,1-2H3,(H,22,24). The van der Waals surface area contributed by atoms with Gasteiger partial charge in [0.2, 0.25) is 5.91 Å². The number of hydrogen-bond donors (Lipinski definition) is 1. The lowest BCUT2D eigenvalue weighted by Gasteiger charge is -2.20. The largest absolute Gasteiger partial charge is 0.355 e. The van der Waals surface area contributed by atoms with Crippen molar-refractivity contribution in [3.63, 3.8) is 0 Å². The molecular formula is C21H28N2OS. The smallest absolute Gasteiger partial charge is 0.234 e. The van der Waals surface area contributed by atoms with Gasteiger partial charge in [-0.2, -0.15) is 11.3 Å². The number of amides is 1. The summed E-state index contributed by atoms with van der Waals surface area (Å²) in [4.78, 5) is 14.6. The van der Waals surface area contributed by atoms with Gasteiger partial charge in [-0.05, 0) is 58.7 Å². The van der Waals surface area contributed by atoms with E-state index >= 15 is 0 Å². The van der Waals surface area contributed by atoms with E-state index in [4.69, 9.17) is 0 Å². The van der Waals surface area contributed by atoms with Crippen LogP contribution in [0.4, 0.5) is 0 Å². The van der Waals surface area contributed by atoms with E-state index in [2.05, 4.69) is 65.2 Å². The van der Waals surface area contributed by atoms with Crippen LogP contribution in [0.5, 0.6) is 0 Å². The molecule has 134 valence electrons.